The SMILES string of the molecule is COC(=O)/C=C(\C)C[C@H](C)[C@@H](O[Si](C)(C)C(C)(C)C)[C@H](C)CO. The van der Waals surface area contributed by atoms with Crippen molar-refractivity contribution in [2.24, 2.45) is 11.8 Å². The maximum Gasteiger partial charge on any atom is 0.330 e. The van der Waals surface area contributed by atoms with Gasteiger partial charge in [-0.3, -0.25) is 0 Å². The molecule has 0 radical (unpaired) electrons. The van der Waals surface area contributed by atoms with Crippen molar-refractivity contribution in [3.8, 4) is 0 Å². The minimum Gasteiger partial charge on any atom is -0.466 e. The smallest absolute Gasteiger partial charge is 0.330 e. The number of rotatable bonds is 8. The molecule has 0 spiro atoms. The van der Waals surface area contributed by atoms with Gasteiger partial charge in [-0.15, -0.1) is 0 Å². The predicted octanol–water partition coefficient (Wildman–Crippen LogP) is 4.15. The van der Waals surface area contributed by atoms with E-state index in [4.69, 9.17) is 4.43 Å². The van der Waals surface area contributed by atoms with Crippen LogP contribution in [0.2, 0.25) is 18.1 Å². The van der Waals surface area contributed by atoms with Gasteiger partial charge in [-0.2, -0.15) is 0 Å². The van der Waals surface area contributed by atoms with Gasteiger partial charge in [0.25, 0.3) is 0 Å². The lowest BCUT2D eigenvalue weighted by atomic mass is 9.89. The lowest BCUT2D eigenvalue weighted by Crippen LogP contribution is -2.48. The Labute approximate surface area is 143 Å². The molecule has 0 heterocycles. The summed E-state index contributed by atoms with van der Waals surface area (Å²) in [5, 5.41) is 9.74. The van der Waals surface area contributed by atoms with E-state index >= 15 is 0 Å². The number of hydrogen-bond donors (Lipinski definition) is 1. The molecule has 1 N–H and O–H groups in total. The highest BCUT2D eigenvalue weighted by molar-refractivity contribution is 6.74. The second-order valence-electron chi connectivity index (χ2n) is 8.20. The Morgan fingerprint density at radius 1 is 1.22 bits per heavy atom. The normalized spacial score (nSPS) is 17.6. The zero-order chi connectivity index (χ0) is 18.4. The third kappa shape index (κ3) is 7.19. The Kier molecular flexibility index (Phi) is 8.74. The third-order valence-corrected chi connectivity index (χ3v) is 9.33. The van der Waals surface area contributed by atoms with Crippen LogP contribution in [0, 0.1) is 11.8 Å². The zero-order valence-corrected chi connectivity index (χ0v) is 17.4. The highest BCUT2D eigenvalue weighted by Crippen LogP contribution is 2.39. The number of aliphatic hydroxyl groups is 1. The van der Waals surface area contributed by atoms with Gasteiger partial charge in [0.1, 0.15) is 0 Å². The molecule has 4 nitrogen and oxygen atoms in total. The Hall–Kier alpha value is -0.653. The van der Waals surface area contributed by atoms with Crippen LogP contribution < -0.4 is 0 Å². The van der Waals surface area contributed by atoms with Gasteiger partial charge in [0, 0.05) is 18.6 Å². The molecule has 3 atom stereocenters. The van der Waals surface area contributed by atoms with E-state index in [0.29, 0.717) is 0 Å². The highest BCUT2D eigenvalue weighted by Gasteiger charge is 2.41. The minimum atomic E-state index is -1.92. The largest absolute Gasteiger partial charge is 0.466 e. The van der Waals surface area contributed by atoms with E-state index < -0.39 is 8.32 Å². The molecular weight excluding hydrogens is 308 g/mol. The first-order chi connectivity index (χ1) is 10.4. The van der Waals surface area contributed by atoms with Crippen molar-refractivity contribution in [3.05, 3.63) is 11.6 Å². The number of methoxy groups -OCH3 is 1. The Balaban J connectivity index is 5.19. The topological polar surface area (TPSA) is 55.8 Å². The first kappa shape index (κ1) is 22.3. The number of hydrogen-bond acceptors (Lipinski definition) is 4. The molecule has 0 bridgehead atoms. The second-order valence-corrected chi connectivity index (χ2v) is 13.0. The van der Waals surface area contributed by atoms with E-state index in [0.717, 1.165) is 12.0 Å². The van der Waals surface area contributed by atoms with Crippen LogP contribution in [0.3, 0.4) is 0 Å². The van der Waals surface area contributed by atoms with Gasteiger partial charge >= 0.3 is 5.97 Å². The second kappa shape index (κ2) is 8.99. The summed E-state index contributed by atoms with van der Waals surface area (Å²) < 4.78 is 11.3. The minimum absolute atomic E-state index is 0.0260. The number of carbonyl (C=O) groups excluding carboxylic acids is 1. The maximum absolute atomic E-state index is 11.4. The molecule has 0 unspecified atom stereocenters. The molecule has 0 rings (SSSR count). The fraction of sp³-hybridized carbons (Fsp3) is 0.833. The van der Waals surface area contributed by atoms with Gasteiger partial charge < -0.3 is 14.3 Å². The van der Waals surface area contributed by atoms with Gasteiger partial charge in [-0.25, -0.2) is 4.79 Å². The summed E-state index contributed by atoms with van der Waals surface area (Å²) in [5.74, 6) is -0.0518. The number of carbonyl (C=O) groups is 1. The summed E-state index contributed by atoms with van der Waals surface area (Å²) in [7, 11) is -0.540. The number of allylic oxidation sites excluding steroid dienone is 1. The number of aliphatic hydroxyl groups excluding tert-OH is 1. The van der Waals surface area contributed by atoms with Crippen molar-refractivity contribution in [1.82, 2.24) is 0 Å². The lowest BCUT2D eigenvalue weighted by Gasteiger charge is -2.42. The first-order valence-corrected chi connectivity index (χ1v) is 11.3. The van der Waals surface area contributed by atoms with Crippen LogP contribution in [0.1, 0.15) is 48.0 Å². The van der Waals surface area contributed by atoms with E-state index in [9.17, 15) is 9.90 Å². The molecule has 136 valence electrons. The summed E-state index contributed by atoms with van der Waals surface area (Å²) in [6.07, 6.45) is 2.25. The third-order valence-electron chi connectivity index (χ3n) is 4.86. The maximum atomic E-state index is 11.4. The molecule has 0 fully saturated rings. The molecule has 0 amide bonds. The van der Waals surface area contributed by atoms with Gasteiger partial charge in [0.15, 0.2) is 8.32 Å². The van der Waals surface area contributed by atoms with Crippen LogP contribution in [-0.4, -0.2) is 39.2 Å². The molecule has 0 aromatic rings. The molecule has 0 saturated heterocycles. The van der Waals surface area contributed by atoms with Crippen molar-refractivity contribution in [1.29, 1.82) is 0 Å². The average Bonchev–Trinajstić information content (AvgIpc) is 2.42. The summed E-state index contributed by atoms with van der Waals surface area (Å²) in [6, 6.07) is 0. The van der Waals surface area contributed by atoms with Crippen LogP contribution in [-0.2, 0) is 14.0 Å². The molecular formula is C18H36O4Si. The molecule has 0 aliphatic rings. The standard InChI is InChI=1S/C18H36O4Si/c1-13(11-16(20)21-7)10-14(2)17(15(3)12-19)22-23(8,9)18(4,5)6/h11,14-15,17,19H,10,12H2,1-9H3/b13-11+/t14-,15+,17+/m0/s1. The average molecular weight is 345 g/mol. The van der Waals surface area contributed by atoms with Crippen molar-refractivity contribution in [2.75, 3.05) is 13.7 Å². The quantitative estimate of drug-likeness (QED) is 0.408. The fourth-order valence-corrected chi connectivity index (χ4v) is 3.86. The summed E-state index contributed by atoms with van der Waals surface area (Å²) >= 11 is 0. The molecule has 0 aromatic heterocycles. The molecule has 23 heavy (non-hydrogen) atoms. The Morgan fingerprint density at radius 2 is 1.74 bits per heavy atom. The fourth-order valence-electron chi connectivity index (χ4n) is 2.36. The van der Waals surface area contributed by atoms with Gasteiger partial charge in [0.05, 0.1) is 13.2 Å². The van der Waals surface area contributed by atoms with Crippen molar-refractivity contribution in [2.45, 2.75) is 72.2 Å². The first-order valence-electron chi connectivity index (χ1n) is 8.39. The van der Waals surface area contributed by atoms with Crippen molar-refractivity contribution < 1.29 is 19.1 Å². The summed E-state index contributed by atoms with van der Waals surface area (Å²) in [4.78, 5) is 11.4. The molecule has 0 aliphatic carbocycles. The monoisotopic (exact) mass is 344 g/mol. The van der Waals surface area contributed by atoms with Crippen molar-refractivity contribution >= 4 is 14.3 Å². The van der Waals surface area contributed by atoms with Gasteiger partial charge in [0.2, 0.25) is 0 Å². The van der Waals surface area contributed by atoms with Crippen LogP contribution in [0.4, 0.5) is 0 Å². The lowest BCUT2D eigenvalue weighted by molar-refractivity contribution is -0.134. The zero-order valence-electron chi connectivity index (χ0n) is 16.4. The van der Waals surface area contributed by atoms with E-state index in [1.165, 1.54) is 13.2 Å². The van der Waals surface area contributed by atoms with Crippen LogP contribution in [0.5, 0.6) is 0 Å². The molecule has 5 heteroatoms. The molecule has 0 saturated carbocycles. The predicted molar refractivity (Wildman–Crippen MR) is 97.9 cm³/mol. The van der Waals surface area contributed by atoms with Crippen molar-refractivity contribution in [3.63, 3.8) is 0 Å². The van der Waals surface area contributed by atoms with E-state index in [2.05, 4.69) is 45.5 Å². The Morgan fingerprint density at radius 3 is 2.13 bits per heavy atom. The number of esters is 1. The highest BCUT2D eigenvalue weighted by atomic mass is 28.4. The summed E-state index contributed by atoms with van der Waals surface area (Å²) in [6.45, 7) is 17.3. The number of ether oxygens (including phenoxy) is 1. The van der Waals surface area contributed by atoms with Crippen LogP contribution in [0.15, 0.2) is 11.6 Å². The molecule has 0 aromatic carbocycles. The van der Waals surface area contributed by atoms with Crippen LogP contribution in [0.25, 0.3) is 0 Å². The molecule has 0 aliphatic heterocycles. The van der Waals surface area contributed by atoms with E-state index in [1.54, 1.807) is 0 Å². The van der Waals surface area contributed by atoms with E-state index in [1.807, 2.05) is 13.8 Å². The van der Waals surface area contributed by atoms with E-state index in [-0.39, 0.29) is 35.6 Å². The van der Waals surface area contributed by atoms with Crippen LogP contribution >= 0.6 is 0 Å². The van der Waals surface area contributed by atoms with Gasteiger partial charge in [-0.05, 0) is 37.4 Å². The Bertz CT molecular complexity index is 410. The van der Waals surface area contributed by atoms with Gasteiger partial charge in [-0.1, -0.05) is 40.2 Å². The summed E-state index contributed by atoms with van der Waals surface area (Å²) in [5.41, 5.74) is 0.971.